The number of carbonyl (C=O) groups is 1. The Morgan fingerprint density at radius 3 is 3.24 bits per heavy atom. The highest BCUT2D eigenvalue weighted by Gasteiger charge is 2.16. The monoisotopic (exact) mass is 234 g/mol. The van der Waals surface area contributed by atoms with E-state index in [2.05, 4.69) is 10.3 Å². The van der Waals surface area contributed by atoms with Crippen molar-refractivity contribution in [2.75, 3.05) is 6.61 Å². The Bertz CT molecular complexity index is 348. The summed E-state index contributed by atoms with van der Waals surface area (Å²) in [6, 6.07) is 3.82. The van der Waals surface area contributed by atoms with Crippen LogP contribution in [0.4, 0.5) is 0 Å². The molecule has 4 nitrogen and oxygen atoms in total. The summed E-state index contributed by atoms with van der Waals surface area (Å²) < 4.78 is 5.48. The molecule has 0 spiro atoms. The van der Waals surface area contributed by atoms with Gasteiger partial charge in [0.15, 0.2) is 0 Å². The molecule has 0 radical (unpaired) electrons. The number of hydrogen-bond donors (Lipinski definition) is 1. The van der Waals surface area contributed by atoms with Crippen molar-refractivity contribution in [1.82, 2.24) is 10.3 Å². The molecule has 17 heavy (non-hydrogen) atoms. The van der Waals surface area contributed by atoms with E-state index in [-0.39, 0.29) is 5.91 Å². The Balaban J connectivity index is 1.64. The molecule has 1 aliphatic rings. The van der Waals surface area contributed by atoms with Crippen LogP contribution in [0.25, 0.3) is 0 Å². The molecule has 92 valence electrons. The molecular formula is C13H18N2O2. The minimum Gasteiger partial charge on any atom is -0.378 e. The Morgan fingerprint density at radius 1 is 1.59 bits per heavy atom. The van der Waals surface area contributed by atoms with Crippen molar-refractivity contribution in [3.63, 3.8) is 0 Å². The van der Waals surface area contributed by atoms with Gasteiger partial charge in [-0.15, -0.1) is 0 Å². The van der Waals surface area contributed by atoms with Gasteiger partial charge in [-0.25, -0.2) is 0 Å². The summed E-state index contributed by atoms with van der Waals surface area (Å²) in [5.41, 5.74) is 1.03. The number of amides is 1. The maximum atomic E-state index is 11.6. The Labute approximate surface area is 101 Å². The number of aromatic nitrogens is 1. The molecule has 0 saturated carbocycles. The fourth-order valence-electron chi connectivity index (χ4n) is 1.96. The van der Waals surface area contributed by atoms with Crippen molar-refractivity contribution < 1.29 is 9.53 Å². The lowest BCUT2D eigenvalue weighted by Crippen LogP contribution is -2.23. The number of pyridine rings is 1. The standard InChI is InChI=1S/C13H18N2O2/c16-13(6-5-12-4-2-8-17-12)15-10-11-3-1-7-14-9-11/h1,3,7,9,12H,2,4-6,8,10H2,(H,15,16)/t12-/m1/s1. The van der Waals surface area contributed by atoms with E-state index in [9.17, 15) is 4.79 Å². The van der Waals surface area contributed by atoms with Crippen LogP contribution in [0.5, 0.6) is 0 Å². The van der Waals surface area contributed by atoms with Gasteiger partial charge in [0.1, 0.15) is 0 Å². The number of ether oxygens (including phenoxy) is 1. The van der Waals surface area contributed by atoms with Crippen LogP contribution in [0.15, 0.2) is 24.5 Å². The molecule has 1 aliphatic heterocycles. The van der Waals surface area contributed by atoms with Crippen molar-refractivity contribution in [1.29, 1.82) is 0 Å². The van der Waals surface area contributed by atoms with Gasteiger partial charge in [-0.1, -0.05) is 6.07 Å². The molecule has 1 amide bonds. The second-order valence-corrected chi connectivity index (χ2v) is 4.31. The van der Waals surface area contributed by atoms with Crippen LogP contribution < -0.4 is 5.32 Å². The first-order chi connectivity index (χ1) is 8.34. The smallest absolute Gasteiger partial charge is 0.220 e. The van der Waals surface area contributed by atoms with Gasteiger partial charge >= 0.3 is 0 Å². The molecule has 1 fully saturated rings. The van der Waals surface area contributed by atoms with Crippen LogP contribution >= 0.6 is 0 Å². The average Bonchev–Trinajstić information content (AvgIpc) is 2.88. The van der Waals surface area contributed by atoms with Crippen LogP contribution in [-0.4, -0.2) is 23.6 Å². The van der Waals surface area contributed by atoms with Gasteiger partial charge in [0.25, 0.3) is 0 Å². The first kappa shape index (κ1) is 12.0. The molecule has 1 aromatic heterocycles. The second-order valence-electron chi connectivity index (χ2n) is 4.31. The average molecular weight is 234 g/mol. The van der Waals surface area contributed by atoms with Crippen LogP contribution in [-0.2, 0) is 16.1 Å². The fraction of sp³-hybridized carbons (Fsp3) is 0.538. The maximum Gasteiger partial charge on any atom is 0.220 e. The van der Waals surface area contributed by atoms with E-state index in [0.717, 1.165) is 31.4 Å². The van der Waals surface area contributed by atoms with Gasteiger partial charge in [0.05, 0.1) is 6.10 Å². The third-order valence-electron chi connectivity index (χ3n) is 2.93. The highest BCUT2D eigenvalue weighted by molar-refractivity contribution is 5.75. The zero-order valence-corrected chi connectivity index (χ0v) is 9.89. The maximum absolute atomic E-state index is 11.6. The predicted molar refractivity (Wildman–Crippen MR) is 64.3 cm³/mol. The first-order valence-corrected chi connectivity index (χ1v) is 6.12. The minimum atomic E-state index is 0.0874. The first-order valence-electron chi connectivity index (χ1n) is 6.12. The van der Waals surface area contributed by atoms with E-state index in [1.54, 1.807) is 12.4 Å². The molecule has 0 aromatic carbocycles. The molecule has 0 aliphatic carbocycles. The van der Waals surface area contributed by atoms with Crippen molar-refractivity contribution in [3.05, 3.63) is 30.1 Å². The topological polar surface area (TPSA) is 51.2 Å². The molecule has 2 rings (SSSR count). The van der Waals surface area contributed by atoms with Crippen molar-refractivity contribution in [3.8, 4) is 0 Å². The van der Waals surface area contributed by atoms with E-state index in [4.69, 9.17) is 4.74 Å². The summed E-state index contributed by atoms with van der Waals surface area (Å²) in [4.78, 5) is 15.6. The zero-order chi connectivity index (χ0) is 11.9. The normalized spacial score (nSPS) is 19.2. The van der Waals surface area contributed by atoms with E-state index in [1.165, 1.54) is 0 Å². The third-order valence-corrected chi connectivity index (χ3v) is 2.93. The number of rotatable bonds is 5. The van der Waals surface area contributed by atoms with Crippen molar-refractivity contribution >= 4 is 5.91 Å². The van der Waals surface area contributed by atoms with E-state index in [1.807, 2.05) is 12.1 Å². The highest BCUT2D eigenvalue weighted by Crippen LogP contribution is 2.16. The Morgan fingerprint density at radius 2 is 2.53 bits per heavy atom. The zero-order valence-electron chi connectivity index (χ0n) is 9.89. The summed E-state index contributed by atoms with van der Waals surface area (Å²) in [5, 5.41) is 2.89. The summed E-state index contributed by atoms with van der Waals surface area (Å²) in [5.74, 6) is 0.0874. The largest absolute Gasteiger partial charge is 0.378 e. The van der Waals surface area contributed by atoms with Gasteiger partial charge in [-0.05, 0) is 30.9 Å². The summed E-state index contributed by atoms with van der Waals surface area (Å²) in [6.07, 6.45) is 7.38. The lowest BCUT2D eigenvalue weighted by molar-refractivity contribution is -0.121. The van der Waals surface area contributed by atoms with Gasteiger partial charge < -0.3 is 10.1 Å². The molecule has 0 unspecified atom stereocenters. The van der Waals surface area contributed by atoms with Gasteiger partial charge in [0, 0.05) is 32.0 Å². The Kier molecular flexibility index (Phi) is 4.50. The lowest BCUT2D eigenvalue weighted by Gasteiger charge is -2.09. The SMILES string of the molecule is O=C(CC[C@H]1CCCO1)NCc1cccnc1. The van der Waals surface area contributed by atoms with Crippen molar-refractivity contribution in [2.24, 2.45) is 0 Å². The van der Waals surface area contributed by atoms with Gasteiger partial charge in [-0.2, -0.15) is 0 Å². The van der Waals surface area contributed by atoms with Crippen LogP contribution in [0, 0.1) is 0 Å². The molecule has 0 bridgehead atoms. The lowest BCUT2D eigenvalue weighted by atomic mass is 10.1. The molecular weight excluding hydrogens is 216 g/mol. The molecule has 1 aromatic rings. The minimum absolute atomic E-state index is 0.0874. The number of carbonyl (C=O) groups excluding carboxylic acids is 1. The van der Waals surface area contributed by atoms with E-state index >= 15 is 0 Å². The van der Waals surface area contributed by atoms with E-state index < -0.39 is 0 Å². The molecule has 4 heteroatoms. The number of nitrogens with zero attached hydrogens (tertiary/aromatic N) is 1. The highest BCUT2D eigenvalue weighted by atomic mass is 16.5. The third kappa shape index (κ3) is 4.15. The number of hydrogen-bond acceptors (Lipinski definition) is 3. The summed E-state index contributed by atoms with van der Waals surface area (Å²) in [6.45, 7) is 1.40. The van der Waals surface area contributed by atoms with Crippen LogP contribution in [0.2, 0.25) is 0 Å². The second kappa shape index (κ2) is 6.35. The molecule has 2 heterocycles. The van der Waals surface area contributed by atoms with Gasteiger partial charge in [0.2, 0.25) is 5.91 Å². The van der Waals surface area contributed by atoms with Crippen LogP contribution in [0.3, 0.4) is 0 Å². The predicted octanol–water partition coefficient (Wildman–Crippen LogP) is 1.66. The molecule has 1 atom stereocenters. The number of nitrogens with one attached hydrogen (secondary N) is 1. The molecule has 1 saturated heterocycles. The fourth-order valence-corrected chi connectivity index (χ4v) is 1.96. The summed E-state index contributed by atoms with van der Waals surface area (Å²) in [7, 11) is 0. The van der Waals surface area contributed by atoms with Gasteiger partial charge in [-0.3, -0.25) is 9.78 Å². The van der Waals surface area contributed by atoms with Crippen LogP contribution in [0.1, 0.15) is 31.2 Å². The molecule has 1 N–H and O–H groups in total. The Hall–Kier alpha value is -1.42. The quantitative estimate of drug-likeness (QED) is 0.843. The van der Waals surface area contributed by atoms with E-state index in [0.29, 0.717) is 19.1 Å². The van der Waals surface area contributed by atoms with Crippen molar-refractivity contribution in [2.45, 2.75) is 38.3 Å². The summed E-state index contributed by atoms with van der Waals surface area (Å²) >= 11 is 0.